The molecule has 0 aromatic carbocycles. The van der Waals surface area contributed by atoms with Crippen molar-refractivity contribution in [3.63, 3.8) is 0 Å². The zero-order valence-electron chi connectivity index (χ0n) is 3.82. The number of thioether (sulfide) groups is 1. The van der Waals surface area contributed by atoms with E-state index in [1.54, 1.807) is 6.92 Å². The third-order valence-corrected chi connectivity index (χ3v) is 0.919. The Balaban J connectivity index is 0. The summed E-state index contributed by atoms with van der Waals surface area (Å²) in [6, 6.07) is 0. The molecule has 0 aliphatic carbocycles. The van der Waals surface area contributed by atoms with Crippen molar-refractivity contribution < 1.29 is 0 Å². The van der Waals surface area contributed by atoms with Crippen molar-refractivity contribution in [3.8, 4) is 0 Å². The number of hydrogen-bond donors (Lipinski definition) is 1. The molecule has 0 amide bonds. The van der Waals surface area contributed by atoms with E-state index < -0.39 is 0 Å². The van der Waals surface area contributed by atoms with Crippen LogP contribution in [0.15, 0.2) is 0 Å². The Labute approximate surface area is 59.4 Å². The maximum absolute atomic E-state index is 6.71. The first kappa shape index (κ1) is 9.89. The Kier molecular flexibility index (Phi) is 9.48. The Bertz CT molecular complexity index is 46.1. The molecule has 38 valence electrons. The average molecular weight is 217 g/mol. The highest BCUT2D eigenvalue weighted by Gasteiger charge is 1.70. The maximum atomic E-state index is 6.71. The summed E-state index contributed by atoms with van der Waals surface area (Å²) in [6.45, 7) is 1.77. The predicted octanol–water partition coefficient (Wildman–Crippen LogP) is 1.96. The lowest BCUT2D eigenvalue weighted by atomic mass is 10.9. The maximum Gasteiger partial charge on any atom is 0.0607 e. The summed E-state index contributed by atoms with van der Waals surface area (Å²) in [5.74, 6) is 0. The fourth-order valence-corrected chi connectivity index (χ4v) is 0. The smallest absolute Gasteiger partial charge is 0.0607 e. The topological polar surface area (TPSA) is 23.9 Å². The first-order valence-corrected chi connectivity index (χ1v) is 2.59. The van der Waals surface area contributed by atoms with Crippen LogP contribution >= 0.6 is 35.7 Å². The fraction of sp³-hybridized carbons (Fsp3) is 0.667. The normalized spacial score (nSPS) is 6.33. The van der Waals surface area contributed by atoms with E-state index in [0.29, 0.717) is 5.04 Å². The van der Waals surface area contributed by atoms with Gasteiger partial charge in [0.05, 0.1) is 5.04 Å². The van der Waals surface area contributed by atoms with Crippen LogP contribution in [0.25, 0.3) is 0 Å². The minimum Gasteiger partial charge on any atom is -0.299 e. The Morgan fingerprint density at radius 1 is 1.67 bits per heavy atom. The van der Waals surface area contributed by atoms with E-state index in [0.717, 1.165) is 0 Å². The first-order valence-electron chi connectivity index (χ1n) is 1.36. The van der Waals surface area contributed by atoms with Gasteiger partial charge in [-0.25, -0.2) is 0 Å². The Hall–Kier alpha value is 0.750. The molecule has 0 aromatic heterocycles. The molecule has 0 bridgehead atoms. The summed E-state index contributed by atoms with van der Waals surface area (Å²) in [6.07, 6.45) is 1.89. The van der Waals surface area contributed by atoms with Crippen molar-refractivity contribution in [2.75, 3.05) is 6.26 Å². The van der Waals surface area contributed by atoms with Crippen LogP contribution in [0.4, 0.5) is 0 Å². The van der Waals surface area contributed by atoms with E-state index >= 15 is 0 Å². The van der Waals surface area contributed by atoms with Crippen molar-refractivity contribution in [1.29, 1.82) is 5.41 Å². The Morgan fingerprint density at radius 2 is 1.83 bits per heavy atom. The van der Waals surface area contributed by atoms with Crippen LogP contribution in [0, 0.1) is 5.41 Å². The third-order valence-electron chi connectivity index (χ3n) is 0.306. The van der Waals surface area contributed by atoms with E-state index in [1.807, 2.05) is 6.26 Å². The van der Waals surface area contributed by atoms with Crippen LogP contribution < -0.4 is 0 Å². The van der Waals surface area contributed by atoms with Gasteiger partial charge in [-0.2, -0.15) is 0 Å². The van der Waals surface area contributed by atoms with Crippen LogP contribution in [0.3, 0.4) is 0 Å². The van der Waals surface area contributed by atoms with Gasteiger partial charge >= 0.3 is 0 Å². The highest BCUT2D eigenvalue weighted by Crippen LogP contribution is 1.89. The second-order valence-corrected chi connectivity index (χ2v) is 1.78. The molecule has 0 radical (unpaired) electrons. The van der Waals surface area contributed by atoms with Crippen LogP contribution in [-0.4, -0.2) is 11.3 Å². The van der Waals surface area contributed by atoms with Crippen molar-refractivity contribution in [2.45, 2.75) is 6.92 Å². The van der Waals surface area contributed by atoms with Gasteiger partial charge in [0.15, 0.2) is 0 Å². The van der Waals surface area contributed by atoms with Crippen molar-refractivity contribution in [2.24, 2.45) is 0 Å². The van der Waals surface area contributed by atoms with E-state index in [9.17, 15) is 0 Å². The fourth-order valence-electron chi connectivity index (χ4n) is 0. The minimum atomic E-state index is 0. The molecule has 0 saturated heterocycles. The van der Waals surface area contributed by atoms with Gasteiger partial charge in [0.2, 0.25) is 0 Å². The highest BCUT2D eigenvalue weighted by molar-refractivity contribution is 14.0. The van der Waals surface area contributed by atoms with Gasteiger partial charge in [-0.15, -0.1) is 35.7 Å². The molecule has 0 saturated carbocycles. The number of rotatable bonds is 0. The van der Waals surface area contributed by atoms with Crippen molar-refractivity contribution in [1.82, 2.24) is 0 Å². The van der Waals surface area contributed by atoms with Crippen LogP contribution in [0.5, 0.6) is 0 Å². The molecule has 0 spiro atoms. The summed E-state index contributed by atoms with van der Waals surface area (Å²) in [5, 5.41) is 7.38. The molecule has 0 atom stereocenters. The lowest BCUT2D eigenvalue weighted by molar-refractivity contribution is 1.54. The summed E-state index contributed by atoms with van der Waals surface area (Å²) in [4.78, 5) is 0. The minimum absolute atomic E-state index is 0. The zero-order valence-corrected chi connectivity index (χ0v) is 6.96. The molecule has 0 aliphatic rings. The summed E-state index contributed by atoms with van der Waals surface area (Å²) >= 11 is 1.46. The second kappa shape index (κ2) is 5.75. The molecule has 3 heteroatoms. The first-order chi connectivity index (χ1) is 2.27. The number of halogens is 1. The average Bonchev–Trinajstić information content (AvgIpc) is 1.38. The molecule has 0 aromatic rings. The number of hydrogen-bond acceptors (Lipinski definition) is 2. The van der Waals surface area contributed by atoms with Gasteiger partial charge in [-0.1, -0.05) is 0 Å². The second-order valence-electron chi connectivity index (χ2n) is 0.760. The van der Waals surface area contributed by atoms with Crippen LogP contribution in [0.2, 0.25) is 0 Å². The molecule has 0 fully saturated rings. The summed E-state index contributed by atoms with van der Waals surface area (Å²) < 4.78 is 0. The van der Waals surface area contributed by atoms with Crippen molar-refractivity contribution >= 4 is 40.8 Å². The zero-order chi connectivity index (χ0) is 4.28. The lowest BCUT2D eigenvalue weighted by Gasteiger charge is -1.77. The molecular weight excluding hydrogens is 209 g/mol. The van der Waals surface area contributed by atoms with Gasteiger partial charge in [-0.05, 0) is 13.2 Å². The highest BCUT2D eigenvalue weighted by atomic mass is 127. The number of nitrogens with one attached hydrogen (secondary N) is 1. The Morgan fingerprint density at radius 3 is 1.83 bits per heavy atom. The molecule has 0 heterocycles. The van der Waals surface area contributed by atoms with E-state index in [-0.39, 0.29) is 24.0 Å². The van der Waals surface area contributed by atoms with Crippen LogP contribution in [0.1, 0.15) is 6.92 Å². The molecule has 0 aliphatic heterocycles. The third kappa shape index (κ3) is 8.83. The van der Waals surface area contributed by atoms with Gasteiger partial charge in [-0.3, -0.25) is 5.41 Å². The lowest BCUT2D eigenvalue weighted by Crippen LogP contribution is -1.70. The molecule has 0 unspecified atom stereocenters. The van der Waals surface area contributed by atoms with Gasteiger partial charge in [0, 0.05) is 0 Å². The molecule has 1 N–H and O–H groups in total. The quantitative estimate of drug-likeness (QED) is 0.374. The molecule has 1 nitrogen and oxygen atoms in total. The molecular formula is C3H8INS. The summed E-state index contributed by atoms with van der Waals surface area (Å²) in [7, 11) is 0. The van der Waals surface area contributed by atoms with Gasteiger partial charge in [0.25, 0.3) is 0 Å². The van der Waals surface area contributed by atoms with Crippen LogP contribution in [-0.2, 0) is 0 Å². The standard InChI is InChI=1S/C3H7NS.HI/c1-3(4)5-2;/h4H,1-2H3;1H. The molecule has 6 heavy (non-hydrogen) atoms. The van der Waals surface area contributed by atoms with E-state index in [4.69, 9.17) is 5.41 Å². The van der Waals surface area contributed by atoms with Gasteiger partial charge in [0.1, 0.15) is 0 Å². The predicted molar refractivity (Wildman–Crippen MR) is 42.3 cm³/mol. The molecule has 0 rings (SSSR count). The van der Waals surface area contributed by atoms with Gasteiger partial charge < -0.3 is 0 Å². The monoisotopic (exact) mass is 217 g/mol. The van der Waals surface area contributed by atoms with Crippen molar-refractivity contribution in [3.05, 3.63) is 0 Å². The van der Waals surface area contributed by atoms with E-state index in [2.05, 4.69) is 0 Å². The summed E-state index contributed by atoms with van der Waals surface area (Å²) in [5.41, 5.74) is 0. The SMILES string of the molecule is CSC(C)=N.I. The van der Waals surface area contributed by atoms with E-state index in [1.165, 1.54) is 11.8 Å². The largest absolute Gasteiger partial charge is 0.299 e.